The minimum absolute atomic E-state index is 0.135. The van der Waals surface area contributed by atoms with Crippen LogP contribution >= 0.6 is 15.9 Å². The van der Waals surface area contributed by atoms with Gasteiger partial charge >= 0.3 is 0 Å². The van der Waals surface area contributed by atoms with E-state index in [0.717, 1.165) is 41.0 Å². The molecule has 1 fully saturated rings. The summed E-state index contributed by atoms with van der Waals surface area (Å²) >= 11 is 3.47. The molecule has 1 aromatic carbocycles. The maximum absolute atomic E-state index is 10.5. The fourth-order valence-electron chi connectivity index (χ4n) is 3.77. The zero-order valence-electron chi connectivity index (χ0n) is 12.1. The maximum Gasteiger partial charge on any atom is 0.126 e. The SMILES string of the molecule is CCC1CCCC2(CC1)CC(O)c1cc(Br)ccc1O2. The summed E-state index contributed by atoms with van der Waals surface area (Å²) in [5.74, 6) is 1.71. The van der Waals surface area contributed by atoms with Gasteiger partial charge < -0.3 is 9.84 Å². The van der Waals surface area contributed by atoms with Crippen LogP contribution in [0.4, 0.5) is 0 Å². The highest BCUT2D eigenvalue weighted by atomic mass is 79.9. The van der Waals surface area contributed by atoms with Gasteiger partial charge in [-0.05, 0) is 49.8 Å². The number of aliphatic hydroxyl groups is 1. The molecule has 0 bridgehead atoms. The number of aliphatic hydroxyl groups excluding tert-OH is 1. The Labute approximate surface area is 129 Å². The smallest absolute Gasteiger partial charge is 0.126 e. The number of rotatable bonds is 1. The van der Waals surface area contributed by atoms with Crippen molar-refractivity contribution in [3.63, 3.8) is 0 Å². The van der Waals surface area contributed by atoms with E-state index >= 15 is 0 Å². The van der Waals surface area contributed by atoms with Gasteiger partial charge in [0, 0.05) is 16.5 Å². The highest BCUT2D eigenvalue weighted by Gasteiger charge is 2.41. The first-order valence-corrected chi connectivity index (χ1v) is 8.58. The van der Waals surface area contributed by atoms with Crippen LogP contribution in [0.5, 0.6) is 5.75 Å². The molecule has 0 aromatic heterocycles. The third-order valence-corrected chi connectivity index (χ3v) is 5.55. The third kappa shape index (κ3) is 2.75. The van der Waals surface area contributed by atoms with Gasteiger partial charge in [-0.3, -0.25) is 0 Å². The van der Waals surface area contributed by atoms with Crippen LogP contribution in [0, 0.1) is 5.92 Å². The van der Waals surface area contributed by atoms with Crippen LogP contribution in [0.15, 0.2) is 22.7 Å². The molecule has 2 nitrogen and oxygen atoms in total. The largest absolute Gasteiger partial charge is 0.487 e. The highest BCUT2D eigenvalue weighted by molar-refractivity contribution is 9.10. The number of ether oxygens (including phenoxy) is 1. The normalized spacial score (nSPS) is 33.4. The van der Waals surface area contributed by atoms with Crippen molar-refractivity contribution in [3.8, 4) is 5.75 Å². The van der Waals surface area contributed by atoms with Crippen LogP contribution < -0.4 is 4.74 Å². The van der Waals surface area contributed by atoms with E-state index < -0.39 is 6.10 Å². The molecule has 0 radical (unpaired) electrons. The molecular weight excluding hydrogens is 316 g/mol. The Morgan fingerprint density at radius 3 is 3.00 bits per heavy atom. The molecule has 110 valence electrons. The zero-order valence-corrected chi connectivity index (χ0v) is 13.7. The van der Waals surface area contributed by atoms with Crippen molar-refractivity contribution in [2.75, 3.05) is 0 Å². The molecule has 1 aliphatic carbocycles. The van der Waals surface area contributed by atoms with Gasteiger partial charge in [0.2, 0.25) is 0 Å². The summed E-state index contributed by atoms with van der Waals surface area (Å²) in [5.41, 5.74) is 0.797. The molecule has 1 saturated carbocycles. The second-order valence-electron chi connectivity index (χ2n) is 6.39. The van der Waals surface area contributed by atoms with E-state index in [1.54, 1.807) is 0 Å². The summed E-state index contributed by atoms with van der Waals surface area (Å²) < 4.78 is 7.38. The first-order valence-electron chi connectivity index (χ1n) is 7.78. The molecule has 1 heterocycles. The first kappa shape index (κ1) is 14.4. The zero-order chi connectivity index (χ0) is 14.2. The van der Waals surface area contributed by atoms with E-state index in [2.05, 4.69) is 22.9 Å². The van der Waals surface area contributed by atoms with Crippen molar-refractivity contribution in [3.05, 3.63) is 28.2 Å². The van der Waals surface area contributed by atoms with Crippen molar-refractivity contribution in [2.24, 2.45) is 5.92 Å². The van der Waals surface area contributed by atoms with Crippen LogP contribution in [0.3, 0.4) is 0 Å². The molecule has 1 aliphatic heterocycles. The van der Waals surface area contributed by atoms with Crippen molar-refractivity contribution in [1.82, 2.24) is 0 Å². The van der Waals surface area contributed by atoms with Crippen molar-refractivity contribution >= 4 is 15.9 Å². The lowest BCUT2D eigenvalue weighted by molar-refractivity contribution is -0.0251. The summed E-state index contributed by atoms with van der Waals surface area (Å²) in [6.07, 6.45) is 7.54. The van der Waals surface area contributed by atoms with Gasteiger partial charge in [0.25, 0.3) is 0 Å². The first-order chi connectivity index (χ1) is 9.62. The predicted octanol–water partition coefficient (Wildman–Crippen LogP) is 4.99. The molecule has 1 aromatic rings. The number of fused-ring (bicyclic) bond motifs is 1. The van der Waals surface area contributed by atoms with E-state index in [0.29, 0.717) is 0 Å². The Morgan fingerprint density at radius 2 is 2.20 bits per heavy atom. The Balaban J connectivity index is 1.85. The fourth-order valence-corrected chi connectivity index (χ4v) is 4.15. The molecule has 0 amide bonds. The predicted molar refractivity (Wildman–Crippen MR) is 83.9 cm³/mol. The quantitative estimate of drug-likeness (QED) is 0.781. The summed E-state index contributed by atoms with van der Waals surface area (Å²) in [6.45, 7) is 2.28. The van der Waals surface area contributed by atoms with Gasteiger partial charge in [-0.1, -0.05) is 35.7 Å². The summed E-state index contributed by atoms with van der Waals surface area (Å²) in [5, 5.41) is 10.5. The third-order valence-electron chi connectivity index (χ3n) is 5.05. The van der Waals surface area contributed by atoms with E-state index in [9.17, 15) is 5.11 Å². The van der Waals surface area contributed by atoms with Crippen molar-refractivity contribution < 1.29 is 9.84 Å². The van der Waals surface area contributed by atoms with Gasteiger partial charge in [0.05, 0.1) is 6.10 Å². The molecule has 3 heteroatoms. The van der Waals surface area contributed by atoms with Crippen molar-refractivity contribution in [2.45, 2.75) is 63.6 Å². The topological polar surface area (TPSA) is 29.5 Å². The minimum Gasteiger partial charge on any atom is -0.487 e. The lowest BCUT2D eigenvalue weighted by atomic mass is 9.83. The molecular formula is C17H23BrO2. The number of halogens is 1. The second-order valence-corrected chi connectivity index (χ2v) is 7.31. The van der Waals surface area contributed by atoms with Crippen LogP contribution in [0.2, 0.25) is 0 Å². The van der Waals surface area contributed by atoms with E-state index in [-0.39, 0.29) is 5.60 Å². The molecule has 0 saturated heterocycles. The summed E-state index contributed by atoms with van der Waals surface area (Å²) in [6, 6.07) is 5.97. The van der Waals surface area contributed by atoms with Gasteiger partial charge in [-0.15, -0.1) is 0 Å². The molecule has 1 N–H and O–H groups in total. The van der Waals surface area contributed by atoms with Crippen LogP contribution in [-0.4, -0.2) is 10.7 Å². The minimum atomic E-state index is -0.394. The molecule has 3 unspecified atom stereocenters. The van der Waals surface area contributed by atoms with Gasteiger partial charge in [0.15, 0.2) is 0 Å². The van der Waals surface area contributed by atoms with Crippen LogP contribution in [0.1, 0.15) is 63.5 Å². The number of hydrogen-bond acceptors (Lipinski definition) is 2. The van der Waals surface area contributed by atoms with Crippen LogP contribution in [0.25, 0.3) is 0 Å². The summed E-state index contributed by atoms with van der Waals surface area (Å²) in [7, 11) is 0. The number of benzene rings is 1. The monoisotopic (exact) mass is 338 g/mol. The molecule has 2 aliphatic rings. The second kappa shape index (κ2) is 5.69. The van der Waals surface area contributed by atoms with Gasteiger partial charge in [-0.25, -0.2) is 0 Å². The van der Waals surface area contributed by atoms with Crippen molar-refractivity contribution in [1.29, 1.82) is 0 Å². The molecule has 1 spiro atoms. The van der Waals surface area contributed by atoms with E-state index in [1.165, 1.54) is 25.7 Å². The Kier molecular flexibility index (Phi) is 4.09. The fraction of sp³-hybridized carbons (Fsp3) is 0.647. The average Bonchev–Trinajstić information content (AvgIpc) is 2.62. The van der Waals surface area contributed by atoms with Crippen LogP contribution in [-0.2, 0) is 0 Å². The standard InChI is InChI=1S/C17H23BrO2/c1-2-12-4-3-8-17(9-7-12)11-15(19)14-10-13(18)5-6-16(14)20-17/h5-6,10,12,15,19H,2-4,7-9,11H2,1H3. The Bertz CT molecular complexity index is 488. The van der Waals surface area contributed by atoms with E-state index in [1.807, 2.05) is 18.2 Å². The van der Waals surface area contributed by atoms with E-state index in [4.69, 9.17) is 4.74 Å². The number of hydrogen-bond donors (Lipinski definition) is 1. The van der Waals surface area contributed by atoms with Gasteiger partial charge in [-0.2, -0.15) is 0 Å². The highest BCUT2D eigenvalue weighted by Crippen LogP contribution is 2.47. The average molecular weight is 339 g/mol. The lowest BCUT2D eigenvalue weighted by Crippen LogP contribution is -2.40. The van der Waals surface area contributed by atoms with Gasteiger partial charge in [0.1, 0.15) is 11.4 Å². The lowest BCUT2D eigenvalue weighted by Gasteiger charge is -2.40. The summed E-state index contributed by atoms with van der Waals surface area (Å²) in [4.78, 5) is 0. The molecule has 3 rings (SSSR count). The maximum atomic E-state index is 10.5. The Morgan fingerprint density at radius 1 is 1.35 bits per heavy atom. The Hall–Kier alpha value is -0.540. The molecule has 3 atom stereocenters. The molecule has 20 heavy (non-hydrogen) atoms.